The van der Waals surface area contributed by atoms with E-state index in [0.29, 0.717) is 12.1 Å². The Morgan fingerprint density at radius 3 is 2.62 bits per heavy atom. The van der Waals surface area contributed by atoms with E-state index in [2.05, 4.69) is 77.5 Å². The number of nitrogens with one attached hydrogen (secondary N) is 1. The molecule has 1 aromatic rings. The predicted molar refractivity (Wildman–Crippen MR) is 91.5 cm³/mol. The molecule has 1 fully saturated rings. The summed E-state index contributed by atoms with van der Waals surface area (Å²) in [5, 5.41) is 8.31. The average Bonchev–Trinajstić information content (AvgIpc) is 2.67. The Morgan fingerprint density at radius 2 is 2.05 bits per heavy atom. The standard InChI is InChI=1S/C16H29BrN4/c1-7-21-13(15(17)12(3)19-21)9-20-10-14(16(4,5)6)18-8-11(20)2/h11,14,18H,7-10H2,1-6H3. The molecule has 1 aliphatic rings. The molecule has 2 atom stereocenters. The predicted octanol–water partition coefficient (Wildman–Crippen LogP) is 3.18. The molecule has 0 radical (unpaired) electrons. The van der Waals surface area contributed by atoms with Crippen molar-refractivity contribution < 1.29 is 0 Å². The van der Waals surface area contributed by atoms with Crippen LogP contribution in [0.5, 0.6) is 0 Å². The van der Waals surface area contributed by atoms with Gasteiger partial charge in [0.05, 0.1) is 15.9 Å². The molecule has 2 rings (SSSR count). The van der Waals surface area contributed by atoms with Crippen molar-refractivity contribution in [3.05, 3.63) is 15.9 Å². The van der Waals surface area contributed by atoms with Crippen LogP contribution in [0, 0.1) is 12.3 Å². The van der Waals surface area contributed by atoms with Crippen LogP contribution < -0.4 is 5.32 Å². The zero-order valence-electron chi connectivity index (χ0n) is 14.2. The molecule has 120 valence electrons. The summed E-state index contributed by atoms with van der Waals surface area (Å²) in [4.78, 5) is 2.58. The Bertz CT molecular complexity index is 489. The van der Waals surface area contributed by atoms with Crippen molar-refractivity contribution in [3.63, 3.8) is 0 Å². The zero-order valence-corrected chi connectivity index (χ0v) is 15.8. The first-order chi connectivity index (χ1) is 9.74. The van der Waals surface area contributed by atoms with Gasteiger partial charge in [-0.05, 0) is 42.1 Å². The molecule has 1 N–H and O–H groups in total. The molecule has 0 saturated carbocycles. The number of aromatic nitrogens is 2. The van der Waals surface area contributed by atoms with Crippen molar-refractivity contribution in [1.29, 1.82) is 0 Å². The third-order valence-corrected chi connectivity index (χ3v) is 5.58. The van der Waals surface area contributed by atoms with Crippen LogP contribution in [0.2, 0.25) is 0 Å². The minimum atomic E-state index is 0.288. The lowest BCUT2D eigenvalue weighted by atomic mass is 9.85. The molecule has 5 heteroatoms. The van der Waals surface area contributed by atoms with Gasteiger partial charge in [-0.15, -0.1) is 0 Å². The number of nitrogens with zero attached hydrogens (tertiary/aromatic N) is 3. The van der Waals surface area contributed by atoms with Crippen LogP contribution in [0.15, 0.2) is 4.47 Å². The van der Waals surface area contributed by atoms with Gasteiger partial charge in [-0.2, -0.15) is 5.10 Å². The topological polar surface area (TPSA) is 33.1 Å². The molecule has 1 saturated heterocycles. The van der Waals surface area contributed by atoms with Gasteiger partial charge >= 0.3 is 0 Å². The van der Waals surface area contributed by atoms with Crippen molar-refractivity contribution in [2.75, 3.05) is 13.1 Å². The van der Waals surface area contributed by atoms with Gasteiger partial charge in [0.15, 0.2) is 0 Å². The fourth-order valence-electron chi connectivity index (χ4n) is 2.93. The first kappa shape index (κ1) is 17.0. The van der Waals surface area contributed by atoms with Crippen molar-refractivity contribution >= 4 is 15.9 Å². The van der Waals surface area contributed by atoms with Crippen LogP contribution in [-0.4, -0.2) is 39.9 Å². The Labute approximate surface area is 137 Å². The maximum atomic E-state index is 4.61. The summed E-state index contributed by atoms with van der Waals surface area (Å²) in [6.07, 6.45) is 0. The van der Waals surface area contributed by atoms with Crippen LogP contribution in [0.1, 0.15) is 46.0 Å². The molecule has 4 nitrogen and oxygen atoms in total. The number of halogens is 1. The van der Waals surface area contributed by atoms with E-state index in [-0.39, 0.29) is 5.41 Å². The lowest BCUT2D eigenvalue weighted by molar-refractivity contribution is 0.0853. The van der Waals surface area contributed by atoms with Gasteiger partial charge in [0.25, 0.3) is 0 Å². The first-order valence-electron chi connectivity index (χ1n) is 7.93. The Morgan fingerprint density at radius 1 is 1.38 bits per heavy atom. The second-order valence-electron chi connectivity index (χ2n) is 7.27. The first-order valence-corrected chi connectivity index (χ1v) is 8.72. The van der Waals surface area contributed by atoms with E-state index in [0.717, 1.165) is 31.9 Å². The largest absolute Gasteiger partial charge is 0.311 e. The summed E-state index contributed by atoms with van der Waals surface area (Å²) >= 11 is 3.72. The van der Waals surface area contributed by atoms with E-state index in [1.54, 1.807) is 0 Å². The lowest BCUT2D eigenvalue weighted by Crippen LogP contribution is -2.59. The molecular formula is C16H29BrN4. The molecule has 2 heterocycles. The fraction of sp³-hybridized carbons (Fsp3) is 0.812. The van der Waals surface area contributed by atoms with Crippen LogP contribution >= 0.6 is 15.9 Å². The van der Waals surface area contributed by atoms with Crippen LogP contribution in [0.4, 0.5) is 0 Å². The molecule has 2 unspecified atom stereocenters. The number of rotatable bonds is 3. The molecule has 0 aliphatic carbocycles. The van der Waals surface area contributed by atoms with Gasteiger partial charge < -0.3 is 5.32 Å². The lowest BCUT2D eigenvalue weighted by Gasteiger charge is -2.44. The Hall–Kier alpha value is -0.390. The van der Waals surface area contributed by atoms with Crippen LogP contribution in [0.25, 0.3) is 0 Å². The minimum Gasteiger partial charge on any atom is -0.311 e. The van der Waals surface area contributed by atoms with Gasteiger partial charge in [0, 0.05) is 38.3 Å². The average molecular weight is 357 g/mol. The van der Waals surface area contributed by atoms with Gasteiger partial charge in [-0.1, -0.05) is 20.8 Å². The van der Waals surface area contributed by atoms with Crippen molar-refractivity contribution in [2.24, 2.45) is 5.41 Å². The molecule has 1 aromatic heterocycles. The summed E-state index contributed by atoms with van der Waals surface area (Å²) in [5.74, 6) is 0. The molecule has 0 spiro atoms. The number of piperazine rings is 1. The molecule has 0 amide bonds. The SMILES string of the molecule is CCn1nc(C)c(Br)c1CN1CC(C(C)(C)C)NCC1C. The maximum absolute atomic E-state index is 4.61. The second kappa shape index (κ2) is 6.39. The summed E-state index contributed by atoms with van der Waals surface area (Å²) in [7, 11) is 0. The highest BCUT2D eigenvalue weighted by molar-refractivity contribution is 9.10. The molecule has 0 aromatic carbocycles. The third kappa shape index (κ3) is 3.69. The molecule has 0 bridgehead atoms. The number of aryl methyl sites for hydroxylation is 2. The van der Waals surface area contributed by atoms with Gasteiger partial charge in [0.1, 0.15) is 0 Å². The fourth-order valence-corrected chi connectivity index (χ4v) is 3.34. The Balaban J connectivity index is 2.17. The maximum Gasteiger partial charge on any atom is 0.0739 e. The zero-order chi connectivity index (χ0) is 15.8. The van der Waals surface area contributed by atoms with Crippen molar-refractivity contribution in [3.8, 4) is 0 Å². The van der Waals surface area contributed by atoms with Gasteiger partial charge in [0.2, 0.25) is 0 Å². The Kier molecular flexibility index (Phi) is 5.16. The monoisotopic (exact) mass is 356 g/mol. The highest BCUT2D eigenvalue weighted by Crippen LogP contribution is 2.27. The van der Waals surface area contributed by atoms with Gasteiger partial charge in [-0.25, -0.2) is 0 Å². The number of hydrogen-bond acceptors (Lipinski definition) is 3. The minimum absolute atomic E-state index is 0.288. The summed E-state index contributed by atoms with van der Waals surface area (Å²) in [6.45, 7) is 17.5. The van der Waals surface area contributed by atoms with E-state index in [1.807, 2.05) is 0 Å². The van der Waals surface area contributed by atoms with Crippen molar-refractivity contribution in [1.82, 2.24) is 20.0 Å². The summed E-state index contributed by atoms with van der Waals surface area (Å²) in [6, 6.07) is 1.09. The highest BCUT2D eigenvalue weighted by atomic mass is 79.9. The molecule has 21 heavy (non-hydrogen) atoms. The highest BCUT2D eigenvalue weighted by Gasteiger charge is 2.33. The van der Waals surface area contributed by atoms with E-state index in [1.165, 1.54) is 10.2 Å². The smallest absolute Gasteiger partial charge is 0.0739 e. The quantitative estimate of drug-likeness (QED) is 0.902. The van der Waals surface area contributed by atoms with E-state index in [9.17, 15) is 0 Å². The van der Waals surface area contributed by atoms with Crippen LogP contribution in [0.3, 0.4) is 0 Å². The molecule has 1 aliphatic heterocycles. The summed E-state index contributed by atoms with van der Waals surface area (Å²) < 4.78 is 3.29. The van der Waals surface area contributed by atoms with E-state index < -0.39 is 0 Å². The summed E-state index contributed by atoms with van der Waals surface area (Å²) in [5.41, 5.74) is 2.68. The van der Waals surface area contributed by atoms with E-state index >= 15 is 0 Å². The van der Waals surface area contributed by atoms with Gasteiger partial charge in [-0.3, -0.25) is 9.58 Å². The molecular weight excluding hydrogens is 328 g/mol. The van der Waals surface area contributed by atoms with Crippen molar-refractivity contribution in [2.45, 2.75) is 66.7 Å². The third-order valence-electron chi connectivity index (χ3n) is 4.55. The van der Waals surface area contributed by atoms with Crippen LogP contribution in [-0.2, 0) is 13.1 Å². The normalized spacial score (nSPS) is 24.5. The number of hydrogen-bond donors (Lipinski definition) is 1. The van der Waals surface area contributed by atoms with E-state index in [4.69, 9.17) is 0 Å². The second-order valence-corrected chi connectivity index (χ2v) is 8.06.